The highest BCUT2D eigenvalue weighted by atomic mass is 16.4. The van der Waals surface area contributed by atoms with Gasteiger partial charge in [-0.25, -0.2) is 0 Å². The van der Waals surface area contributed by atoms with Gasteiger partial charge in [0.05, 0.1) is 5.92 Å². The molecule has 2 atom stereocenters. The highest BCUT2D eigenvalue weighted by Gasteiger charge is 2.41. The van der Waals surface area contributed by atoms with Gasteiger partial charge in [0.1, 0.15) is 5.58 Å². The van der Waals surface area contributed by atoms with Gasteiger partial charge in [0.15, 0.2) is 5.76 Å². The Morgan fingerprint density at radius 2 is 1.81 bits per heavy atom. The first-order valence-electron chi connectivity index (χ1n) is 9.02. The van der Waals surface area contributed by atoms with Gasteiger partial charge in [-0.05, 0) is 31.5 Å². The molecule has 1 amide bonds. The van der Waals surface area contributed by atoms with E-state index in [9.17, 15) is 14.7 Å². The smallest absolute Gasteiger partial charge is 0.308 e. The molecule has 138 valence electrons. The minimum atomic E-state index is -0.879. The van der Waals surface area contributed by atoms with Crippen LogP contribution in [0, 0.1) is 19.8 Å². The highest BCUT2D eigenvalue weighted by molar-refractivity contribution is 5.99. The Labute approximate surface area is 157 Å². The molecule has 4 rings (SSSR count). The number of benzene rings is 2. The van der Waals surface area contributed by atoms with Gasteiger partial charge < -0.3 is 14.4 Å². The van der Waals surface area contributed by atoms with Gasteiger partial charge in [-0.15, -0.1) is 0 Å². The van der Waals surface area contributed by atoms with Crippen LogP contribution < -0.4 is 0 Å². The zero-order valence-electron chi connectivity index (χ0n) is 15.3. The molecule has 1 fully saturated rings. The van der Waals surface area contributed by atoms with Crippen molar-refractivity contribution in [3.05, 3.63) is 71.0 Å². The molecular weight excluding hydrogens is 342 g/mol. The van der Waals surface area contributed by atoms with E-state index in [2.05, 4.69) is 0 Å². The van der Waals surface area contributed by atoms with Crippen LogP contribution in [0.5, 0.6) is 0 Å². The molecule has 0 radical (unpaired) electrons. The molecule has 3 aromatic rings. The quantitative estimate of drug-likeness (QED) is 0.764. The maximum atomic E-state index is 13.1. The number of nitrogens with zero attached hydrogens (tertiary/aromatic N) is 1. The molecule has 27 heavy (non-hydrogen) atoms. The first kappa shape index (κ1) is 17.3. The summed E-state index contributed by atoms with van der Waals surface area (Å²) in [6, 6.07) is 15.3. The summed E-state index contributed by atoms with van der Waals surface area (Å²) in [6.45, 7) is 4.42. The Hall–Kier alpha value is -3.08. The number of hydrogen-bond acceptors (Lipinski definition) is 3. The molecule has 0 aliphatic carbocycles. The maximum absolute atomic E-state index is 13.1. The zero-order chi connectivity index (χ0) is 19.1. The molecule has 5 nitrogen and oxygen atoms in total. The number of furan rings is 1. The monoisotopic (exact) mass is 363 g/mol. The number of carboxylic acid groups (broad SMARTS) is 1. The number of amides is 1. The normalized spacial score (nSPS) is 19.6. The van der Waals surface area contributed by atoms with Gasteiger partial charge in [-0.2, -0.15) is 0 Å². The lowest BCUT2D eigenvalue weighted by atomic mass is 9.89. The summed E-state index contributed by atoms with van der Waals surface area (Å²) >= 11 is 0. The second-order valence-electron chi connectivity index (χ2n) is 7.23. The number of carbonyl (C=O) groups excluding carboxylic acids is 1. The first-order valence-corrected chi connectivity index (χ1v) is 9.02. The second kappa shape index (κ2) is 6.58. The topological polar surface area (TPSA) is 70.8 Å². The van der Waals surface area contributed by atoms with Gasteiger partial charge in [0.2, 0.25) is 0 Å². The third kappa shape index (κ3) is 2.99. The van der Waals surface area contributed by atoms with E-state index >= 15 is 0 Å². The van der Waals surface area contributed by atoms with E-state index in [1.807, 2.05) is 62.4 Å². The minimum absolute atomic E-state index is 0.184. The van der Waals surface area contributed by atoms with Crippen molar-refractivity contribution in [3.8, 4) is 0 Å². The Morgan fingerprint density at radius 3 is 2.52 bits per heavy atom. The number of likely N-dealkylation sites (tertiary alicyclic amines) is 1. The molecule has 1 saturated heterocycles. The van der Waals surface area contributed by atoms with Crippen molar-refractivity contribution in [2.24, 2.45) is 5.92 Å². The van der Waals surface area contributed by atoms with Gasteiger partial charge in [-0.3, -0.25) is 9.59 Å². The summed E-state index contributed by atoms with van der Waals surface area (Å²) in [5.74, 6) is -1.67. The lowest BCUT2D eigenvalue weighted by Gasteiger charge is -2.15. The summed E-state index contributed by atoms with van der Waals surface area (Å²) in [5, 5.41) is 10.6. The summed E-state index contributed by atoms with van der Waals surface area (Å²) in [7, 11) is 0. The Kier molecular flexibility index (Phi) is 4.22. The van der Waals surface area contributed by atoms with Crippen molar-refractivity contribution in [2.45, 2.75) is 19.8 Å². The number of carboxylic acids is 1. The van der Waals surface area contributed by atoms with Gasteiger partial charge >= 0.3 is 5.97 Å². The van der Waals surface area contributed by atoms with Crippen molar-refractivity contribution < 1.29 is 19.1 Å². The van der Waals surface area contributed by atoms with Crippen molar-refractivity contribution >= 4 is 22.8 Å². The fourth-order valence-corrected chi connectivity index (χ4v) is 3.94. The van der Waals surface area contributed by atoms with Crippen molar-refractivity contribution in [3.63, 3.8) is 0 Å². The number of carbonyl (C=O) groups is 2. The molecule has 2 heterocycles. The van der Waals surface area contributed by atoms with E-state index in [1.165, 1.54) is 0 Å². The molecule has 0 unspecified atom stereocenters. The van der Waals surface area contributed by atoms with Crippen LogP contribution in [0.1, 0.15) is 33.2 Å². The van der Waals surface area contributed by atoms with E-state index < -0.39 is 11.9 Å². The number of rotatable bonds is 3. The third-order valence-corrected chi connectivity index (χ3v) is 5.44. The highest BCUT2D eigenvalue weighted by Crippen LogP contribution is 2.35. The van der Waals surface area contributed by atoms with Crippen molar-refractivity contribution in [2.75, 3.05) is 13.1 Å². The minimum Gasteiger partial charge on any atom is -0.481 e. The number of fused-ring (bicyclic) bond motifs is 1. The fraction of sp³-hybridized carbons (Fsp3) is 0.273. The molecule has 0 bridgehead atoms. The number of aliphatic carboxylic acids is 1. The molecule has 1 aromatic heterocycles. The number of hydrogen-bond donors (Lipinski definition) is 1. The van der Waals surface area contributed by atoms with Gasteiger partial charge in [-0.1, -0.05) is 42.0 Å². The summed E-state index contributed by atoms with van der Waals surface area (Å²) < 4.78 is 5.83. The van der Waals surface area contributed by atoms with Crippen LogP contribution >= 0.6 is 0 Å². The van der Waals surface area contributed by atoms with Gasteiger partial charge in [0.25, 0.3) is 5.91 Å². The van der Waals surface area contributed by atoms with Crippen molar-refractivity contribution in [1.29, 1.82) is 0 Å². The molecule has 1 N–H and O–H groups in total. The predicted octanol–water partition coefficient (Wildman–Crippen LogP) is 3.99. The van der Waals surface area contributed by atoms with Gasteiger partial charge in [0, 0.05) is 30.0 Å². The van der Waals surface area contributed by atoms with Crippen LogP contribution in [0.4, 0.5) is 0 Å². The van der Waals surface area contributed by atoms with Crippen molar-refractivity contribution in [1.82, 2.24) is 4.90 Å². The molecule has 1 aliphatic rings. The Bertz CT molecular complexity index is 1020. The second-order valence-corrected chi connectivity index (χ2v) is 7.23. The maximum Gasteiger partial charge on any atom is 0.308 e. The van der Waals surface area contributed by atoms with Crippen LogP contribution in [0.15, 0.2) is 52.9 Å². The Balaban J connectivity index is 1.67. The van der Waals surface area contributed by atoms with E-state index in [0.29, 0.717) is 17.9 Å². The molecule has 0 spiro atoms. The molecule has 0 saturated carbocycles. The average Bonchev–Trinajstić information content (AvgIpc) is 3.25. The zero-order valence-corrected chi connectivity index (χ0v) is 15.3. The van der Waals surface area contributed by atoms with E-state index in [4.69, 9.17) is 4.42 Å². The van der Waals surface area contributed by atoms with E-state index in [0.717, 1.165) is 22.1 Å². The summed E-state index contributed by atoms with van der Waals surface area (Å²) in [6.07, 6.45) is 0. The van der Waals surface area contributed by atoms with E-state index in [-0.39, 0.29) is 18.4 Å². The standard InChI is InChI=1S/C22H21NO4/c1-13-8-9-19-16(10-13)14(2)20(27-19)21(24)23-11-17(18(12-23)22(25)26)15-6-4-3-5-7-15/h3-10,17-18H,11-12H2,1-2H3,(H,25,26)/t17-,18+/m0/s1. The van der Waals surface area contributed by atoms with Crippen LogP contribution in [0.2, 0.25) is 0 Å². The van der Waals surface area contributed by atoms with E-state index in [1.54, 1.807) is 4.90 Å². The molecule has 2 aromatic carbocycles. The lowest BCUT2D eigenvalue weighted by molar-refractivity contribution is -0.141. The van der Waals surface area contributed by atoms with Crippen LogP contribution in [-0.4, -0.2) is 35.0 Å². The molecule has 5 heteroatoms. The largest absolute Gasteiger partial charge is 0.481 e. The molecular formula is C22H21NO4. The summed E-state index contributed by atoms with van der Waals surface area (Å²) in [5.41, 5.74) is 3.52. The fourth-order valence-electron chi connectivity index (χ4n) is 3.94. The lowest BCUT2D eigenvalue weighted by Crippen LogP contribution is -2.30. The van der Waals surface area contributed by atoms with Crippen LogP contribution in [0.3, 0.4) is 0 Å². The predicted molar refractivity (Wildman–Crippen MR) is 102 cm³/mol. The average molecular weight is 363 g/mol. The number of aryl methyl sites for hydroxylation is 2. The first-order chi connectivity index (χ1) is 13.0. The third-order valence-electron chi connectivity index (χ3n) is 5.44. The SMILES string of the molecule is Cc1ccc2oc(C(=O)N3C[C@@H](C(=O)O)[C@H](c4ccccc4)C3)c(C)c2c1. The van der Waals surface area contributed by atoms with Crippen LogP contribution in [-0.2, 0) is 4.79 Å². The summed E-state index contributed by atoms with van der Waals surface area (Å²) in [4.78, 5) is 26.5. The Morgan fingerprint density at radius 1 is 1.07 bits per heavy atom. The molecule has 1 aliphatic heterocycles. The van der Waals surface area contributed by atoms with Crippen LogP contribution in [0.25, 0.3) is 11.0 Å².